The molecule has 170 valence electrons. The van der Waals surface area contributed by atoms with Crippen LogP contribution in [-0.2, 0) is 0 Å². The lowest BCUT2D eigenvalue weighted by atomic mass is 9.98. The van der Waals surface area contributed by atoms with Gasteiger partial charge >= 0.3 is 0 Å². The lowest BCUT2D eigenvalue weighted by Gasteiger charge is -2.43. The first kappa shape index (κ1) is 21.7. The van der Waals surface area contributed by atoms with Gasteiger partial charge in [-0.2, -0.15) is 10.4 Å². The van der Waals surface area contributed by atoms with Crippen LogP contribution in [0.25, 0.3) is 10.8 Å². The monoisotopic (exact) mass is 440 g/mol. The Labute approximate surface area is 196 Å². The minimum atomic E-state index is 0.00873. The average molecular weight is 441 g/mol. The summed E-state index contributed by atoms with van der Waals surface area (Å²) < 4.78 is 0. The maximum atomic E-state index is 9.40. The maximum absolute atomic E-state index is 9.40. The van der Waals surface area contributed by atoms with Gasteiger partial charge in [0.1, 0.15) is 0 Å². The van der Waals surface area contributed by atoms with Crippen LogP contribution in [0.1, 0.15) is 54.6 Å². The molecule has 0 unspecified atom stereocenters. The quantitative estimate of drug-likeness (QED) is 0.604. The molecular weight excluding hydrogens is 408 g/mol. The van der Waals surface area contributed by atoms with Crippen molar-refractivity contribution >= 4 is 22.3 Å². The number of benzene rings is 2. The molecule has 0 saturated carbocycles. The number of nitriles is 1. The Kier molecular flexibility index (Phi) is 5.90. The van der Waals surface area contributed by atoms with Gasteiger partial charge < -0.3 is 15.1 Å². The van der Waals surface area contributed by atoms with Gasteiger partial charge in [0.15, 0.2) is 5.82 Å². The van der Waals surface area contributed by atoms with E-state index in [1.165, 1.54) is 38.0 Å². The summed E-state index contributed by atoms with van der Waals surface area (Å²) in [6, 6.07) is 15.6. The van der Waals surface area contributed by atoms with Crippen molar-refractivity contribution in [3.8, 4) is 6.07 Å². The van der Waals surface area contributed by atoms with Crippen molar-refractivity contribution in [3.63, 3.8) is 0 Å². The molecule has 0 bridgehead atoms. The number of aryl methyl sites for hydroxylation is 1. The third-order valence-electron chi connectivity index (χ3n) is 7.50. The van der Waals surface area contributed by atoms with Gasteiger partial charge in [-0.1, -0.05) is 18.2 Å². The van der Waals surface area contributed by atoms with E-state index in [2.05, 4.69) is 62.6 Å². The third-order valence-corrected chi connectivity index (χ3v) is 7.50. The zero-order valence-corrected chi connectivity index (χ0v) is 19.8. The van der Waals surface area contributed by atoms with Crippen molar-refractivity contribution in [3.05, 3.63) is 58.8 Å². The Morgan fingerprint density at radius 3 is 2.52 bits per heavy atom. The van der Waals surface area contributed by atoms with Crippen LogP contribution in [0.5, 0.6) is 0 Å². The van der Waals surface area contributed by atoms with Crippen molar-refractivity contribution in [2.24, 2.45) is 0 Å². The van der Waals surface area contributed by atoms with Gasteiger partial charge in [-0.3, -0.25) is 0 Å². The summed E-state index contributed by atoms with van der Waals surface area (Å²) in [5.74, 6) is 0.794. The van der Waals surface area contributed by atoms with Crippen molar-refractivity contribution in [2.75, 3.05) is 36.4 Å². The lowest BCUT2D eigenvalue weighted by Crippen LogP contribution is -2.50. The van der Waals surface area contributed by atoms with Crippen LogP contribution in [0.4, 0.5) is 11.5 Å². The van der Waals surface area contributed by atoms with Gasteiger partial charge in [0.25, 0.3) is 0 Å². The van der Waals surface area contributed by atoms with Crippen molar-refractivity contribution in [1.82, 2.24) is 15.1 Å². The molecule has 3 heterocycles. The van der Waals surface area contributed by atoms with Gasteiger partial charge in [-0.25, -0.2) is 0 Å². The van der Waals surface area contributed by atoms with Crippen molar-refractivity contribution in [1.29, 1.82) is 5.26 Å². The van der Waals surface area contributed by atoms with E-state index in [1.807, 2.05) is 26.0 Å². The van der Waals surface area contributed by atoms with Crippen molar-refractivity contribution in [2.45, 2.75) is 52.1 Å². The third kappa shape index (κ3) is 4.14. The normalized spacial score (nSPS) is 18.1. The standard InChI is InChI=1S/C27H32N6/c1-18-21(17-28)6-4-7-24(18)19(2)29-27-26-16-23(8-9-25(26)20(3)30-31-27)33-14-10-22(11-15-33)32-12-5-13-32/h4,6-9,16,19,22H,5,10-15H2,1-3H3,(H,29,31)/t19-/m1/s1. The smallest absolute Gasteiger partial charge is 0.157 e. The molecule has 0 amide bonds. The molecule has 2 aliphatic rings. The number of fused-ring (bicyclic) bond motifs is 1. The highest BCUT2D eigenvalue weighted by atomic mass is 15.2. The molecule has 6 nitrogen and oxygen atoms in total. The highest BCUT2D eigenvalue weighted by Gasteiger charge is 2.28. The van der Waals surface area contributed by atoms with Crippen LogP contribution >= 0.6 is 0 Å². The Hall–Kier alpha value is -3.17. The van der Waals surface area contributed by atoms with Crippen LogP contribution in [0.3, 0.4) is 0 Å². The zero-order chi connectivity index (χ0) is 22.9. The predicted octanol–water partition coefficient (Wildman–Crippen LogP) is 4.97. The van der Waals surface area contributed by atoms with Gasteiger partial charge in [0.05, 0.1) is 23.4 Å². The number of piperidine rings is 1. The number of nitrogens with one attached hydrogen (secondary N) is 1. The van der Waals surface area contributed by atoms with Gasteiger partial charge in [0.2, 0.25) is 0 Å². The summed E-state index contributed by atoms with van der Waals surface area (Å²) in [6.45, 7) is 10.9. The topological polar surface area (TPSA) is 68.1 Å². The highest BCUT2D eigenvalue weighted by Crippen LogP contribution is 2.32. The summed E-state index contributed by atoms with van der Waals surface area (Å²) in [6.07, 6.45) is 3.84. The van der Waals surface area contributed by atoms with Gasteiger partial charge in [-0.05, 0) is 82.4 Å². The van der Waals surface area contributed by atoms with Gasteiger partial charge in [0, 0.05) is 35.6 Å². The average Bonchev–Trinajstić information content (AvgIpc) is 2.80. The molecule has 33 heavy (non-hydrogen) atoms. The van der Waals surface area contributed by atoms with Crippen LogP contribution in [0.2, 0.25) is 0 Å². The molecule has 2 saturated heterocycles. The molecule has 5 rings (SSSR count). The Bertz CT molecular complexity index is 1200. The molecule has 0 aliphatic carbocycles. The Morgan fingerprint density at radius 2 is 1.82 bits per heavy atom. The lowest BCUT2D eigenvalue weighted by molar-refractivity contribution is 0.100. The summed E-state index contributed by atoms with van der Waals surface area (Å²) in [4.78, 5) is 5.16. The van der Waals surface area contributed by atoms with E-state index >= 15 is 0 Å². The van der Waals surface area contributed by atoms with E-state index < -0.39 is 0 Å². The molecule has 0 spiro atoms. The number of anilines is 2. The van der Waals surface area contributed by atoms with Crippen LogP contribution < -0.4 is 10.2 Å². The molecule has 1 aromatic heterocycles. The first-order valence-corrected chi connectivity index (χ1v) is 12.1. The summed E-state index contributed by atoms with van der Waals surface area (Å²) in [7, 11) is 0. The molecule has 2 fully saturated rings. The van der Waals surface area contributed by atoms with E-state index in [-0.39, 0.29) is 6.04 Å². The molecule has 6 heteroatoms. The summed E-state index contributed by atoms with van der Waals surface area (Å²) >= 11 is 0. The first-order valence-electron chi connectivity index (χ1n) is 12.1. The molecule has 1 atom stereocenters. The molecule has 3 aromatic rings. The van der Waals surface area contributed by atoms with E-state index in [1.54, 1.807) is 0 Å². The first-order chi connectivity index (χ1) is 16.0. The SMILES string of the molecule is Cc1c(C#N)cccc1[C@@H](C)Nc1nnc(C)c2ccc(N3CCC(N4CCC4)CC3)cc12. The minimum absolute atomic E-state index is 0.00873. The fourth-order valence-corrected chi connectivity index (χ4v) is 5.30. The van der Waals surface area contributed by atoms with Crippen LogP contribution in [-0.4, -0.2) is 47.3 Å². The predicted molar refractivity (Wildman–Crippen MR) is 134 cm³/mol. The summed E-state index contributed by atoms with van der Waals surface area (Å²) in [5, 5.41) is 24.2. The van der Waals surface area contributed by atoms with E-state index in [0.29, 0.717) is 5.56 Å². The number of rotatable bonds is 5. The fraction of sp³-hybridized carbons (Fsp3) is 0.444. The van der Waals surface area contributed by atoms with E-state index in [9.17, 15) is 5.26 Å². The number of likely N-dealkylation sites (tertiary alicyclic amines) is 1. The van der Waals surface area contributed by atoms with E-state index in [4.69, 9.17) is 0 Å². The van der Waals surface area contributed by atoms with Crippen LogP contribution in [0.15, 0.2) is 36.4 Å². The second-order valence-electron chi connectivity index (χ2n) is 9.47. The van der Waals surface area contributed by atoms with Crippen molar-refractivity contribution < 1.29 is 0 Å². The molecular formula is C27H32N6. The molecule has 2 aliphatic heterocycles. The van der Waals surface area contributed by atoms with Crippen LogP contribution in [0, 0.1) is 25.2 Å². The highest BCUT2D eigenvalue weighted by molar-refractivity contribution is 5.95. The number of hydrogen-bond donors (Lipinski definition) is 1. The number of nitrogens with zero attached hydrogens (tertiary/aromatic N) is 5. The maximum Gasteiger partial charge on any atom is 0.157 e. The fourth-order valence-electron chi connectivity index (χ4n) is 5.30. The number of aromatic nitrogens is 2. The second-order valence-corrected chi connectivity index (χ2v) is 9.47. The largest absolute Gasteiger partial charge is 0.371 e. The van der Waals surface area contributed by atoms with E-state index in [0.717, 1.165) is 52.5 Å². The molecule has 2 aromatic carbocycles. The molecule has 1 N–H and O–H groups in total. The minimum Gasteiger partial charge on any atom is -0.371 e. The Morgan fingerprint density at radius 1 is 1.03 bits per heavy atom. The van der Waals surface area contributed by atoms with Gasteiger partial charge in [-0.15, -0.1) is 5.10 Å². The zero-order valence-electron chi connectivity index (χ0n) is 19.8. The number of hydrogen-bond acceptors (Lipinski definition) is 6. The second kappa shape index (κ2) is 8.99. The molecule has 0 radical (unpaired) electrons. The Balaban J connectivity index is 1.41. The summed E-state index contributed by atoms with van der Waals surface area (Å²) in [5.41, 5.74) is 5.03.